The van der Waals surface area contributed by atoms with E-state index >= 15 is 0 Å². The highest BCUT2D eigenvalue weighted by Crippen LogP contribution is 2.39. The van der Waals surface area contributed by atoms with E-state index in [0.717, 1.165) is 12.8 Å². The zero-order valence-electron chi connectivity index (χ0n) is 14.0. The summed E-state index contributed by atoms with van der Waals surface area (Å²) in [4.78, 5) is 28.2. The van der Waals surface area contributed by atoms with Crippen molar-refractivity contribution in [1.29, 1.82) is 5.26 Å². The Hall–Kier alpha value is -2.79. The molecule has 0 unspecified atom stereocenters. The number of amides is 1. The third kappa shape index (κ3) is 4.06. The first-order chi connectivity index (χ1) is 12.4. The Balaban J connectivity index is 1.56. The van der Waals surface area contributed by atoms with Crippen molar-refractivity contribution in [3.8, 4) is 16.6 Å². The molecule has 6 nitrogen and oxygen atoms in total. The van der Waals surface area contributed by atoms with Gasteiger partial charge in [0.05, 0.1) is 6.07 Å². The Morgan fingerprint density at radius 3 is 2.73 bits per heavy atom. The van der Waals surface area contributed by atoms with Crippen molar-refractivity contribution in [2.45, 2.75) is 25.3 Å². The molecule has 1 aliphatic rings. The van der Waals surface area contributed by atoms with Crippen molar-refractivity contribution in [2.24, 2.45) is 5.92 Å². The molecular formula is C18H16FN3O3S. The van der Waals surface area contributed by atoms with E-state index in [4.69, 9.17) is 4.74 Å². The summed E-state index contributed by atoms with van der Waals surface area (Å²) >= 11 is 1.22. The van der Waals surface area contributed by atoms with Gasteiger partial charge in [-0.3, -0.25) is 4.79 Å². The first-order valence-electron chi connectivity index (χ1n) is 8.02. The second kappa shape index (κ2) is 7.22. The lowest BCUT2D eigenvalue weighted by atomic mass is 9.98. The van der Waals surface area contributed by atoms with Crippen LogP contribution in [-0.4, -0.2) is 29.0 Å². The minimum absolute atomic E-state index is 0.0763. The zero-order valence-corrected chi connectivity index (χ0v) is 14.8. The van der Waals surface area contributed by atoms with Crippen LogP contribution in [0.25, 0.3) is 10.6 Å². The number of hydrogen-bond acceptors (Lipinski definition) is 6. The van der Waals surface area contributed by atoms with E-state index in [0.29, 0.717) is 10.6 Å². The quantitative estimate of drug-likeness (QED) is 0.786. The lowest BCUT2D eigenvalue weighted by Crippen LogP contribution is -2.48. The monoisotopic (exact) mass is 373 g/mol. The fourth-order valence-electron chi connectivity index (χ4n) is 2.51. The third-order valence-electron chi connectivity index (χ3n) is 4.16. The Bertz CT molecular complexity index is 871. The van der Waals surface area contributed by atoms with E-state index < -0.39 is 24.0 Å². The molecule has 1 amide bonds. The second-order valence-electron chi connectivity index (χ2n) is 6.26. The number of nitriles is 1. The molecule has 1 aliphatic carbocycles. The van der Waals surface area contributed by atoms with Crippen LogP contribution >= 0.6 is 11.3 Å². The molecule has 0 bridgehead atoms. The highest BCUT2D eigenvalue weighted by molar-refractivity contribution is 7.13. The number of benzene rings is 1. The summed E-state index contributed by atoms with van der Waals surface area (Å²) < 4.78 is 17.9. The van der Waals surface area contributed by atoms with Gasteiger partial charge in [0.15, 0.2) is 12.3 Å². The van der Waals surface area contributed by atoms with E-state index in [2.05, 4.69) is 16.4 Å². The molecule has 1 fully saturated rings. The average Bonchev–Trinajstić information content (AvgIpc) is 3.38. The topological polar surface area (TPSA) is 92.1 Å². The van der Waals surface area contributed by atoms with Gasteiger partial charge in [0, 0.05) is 10.9 Å². The Morgan fingerprint density at radius 1 is 1.42 bits per heavy atom. The summed E-state index contributed by atoms with van der Waals surface area (Å²) in [6.07, 6.45) is 1.80. The molecule has 8 heteroatoms. The van der Waals surface area contributed by atoms with Crippen molar-refractivity contribution in [2.75, 3.05) is 6.61 Å². The predicted octanol–water partition coefficient (Wildman–Crippen LogP) is 2.91. The van der Waals surface area contributed by atoms with Gasteiger partial charge in [0.1, 0.15) is 16.4 Å². The third-order valence-corrected chi connectivity index (χ3v) is 5.06. The van der Waals surface area contributed by atoms with E-state index in [1.54, 1.807) is 19.1 Å². The van der Waals surface area contributed by atoms with E-state index in [1.165, 1.54) is 28.8 Å². The number of carbonyl (C=O) groups excluding carboxylic acids is 2. The summed E-state index contributed by atoms with van der Waals surface area (Å²) in [5.74, 6) is -1.46. The molecular weight excluding hydrogens is 357 g/mol. The smallest absolute Gasteiger partial charge is 0.358 e. The fourth-order valence-corrected chi connectivity index (χ4v) is 3.30. The number of hydrogen-bond donors (Lipinski definition) is 1. The number of halogens is 1. The van der Waals surface area contributed by atoms with Crippen molar-refractivity contribution in [1.82, 2.24) is 10.3 Å². The van der Waals surface area contributed by atoms with Gasteiger partial charge >= 0.3 is 5.97 Å². The van der Waals surface area contributed by atoms with Crippen LogP contribution in [-0.2, 0) is 9.53 Å². The molecule has 134 valence electrons. The molecule has 1 aromatic carbocycles. The number of rotatable bonds is 6. The molecule has 1 saturated carbocycles. The van der Waals surface area contributed by atoms with E-state index in [1.807, 2.05) is 0 Å². The summed E-state index contributed by atoms with van der Waals surface area (Å²) in [5.41, 5.74) is -0.172. The van der Waals surface area contributed by atoms with Gasteiger partial charge in [-0.2, -0.15) is 5.26 Å². The summed E-state index contributed by atoms with van der Waals surface area (Å²) in [5, 5.41) is 13.9. The first kappa shape index (κ1) is 18.0. The molecule has 1 aromatic heterocycles. The van der Waals surface area contributed by atoms with Gasteiger partial charge in [0.25, 0.3) is 5.91 Å². The first-order valence-corrected chi connectivity index (χ1v) is 8.90. The summed E-state index contributed by atoms with van der Waals surface area (Å²) in [6.45, 7) is 1.19. The van der Waals surface area contributed by atoms with Crippen LogP contribution in [0.5, 0.6) is 0 Å². The number of aromatic nitrogens is 1. The van der Waals surface area contributed by atoms with Crippen LogP contribution in [0.2, 0.25) is 0 Å². The minimum Gasteiger partial charge on any atom is -0.451 e. The average molecular weight is 373 g/mol. The van der Waals surface area contributed by atoms with Gasteiger partial charge < -0.3 is 10.1 Å². The molecule has 0 radical (unpaired) electrons. The van der Waals surface area contributed by atoms with Crippen LogP contribution in [0.15, 0.2) is 29.6 Å². The van der Waals surface area contributed by atoms with E-state index in [-0.39, 0.29) is 17.4 Å². The van der Waals surface area contributed by atoms with Gasteiger partial charge in [-0.05, 0) is 49.9 Å². The van der Waals surface area contributed by atoms with Crippen LogP contribution in [0.3, 0.4) is 0 Å². The van der Waals surface area contributed by atoms with Crippen molar-refractivity contribution in [3.63, 3.8) is 0 Å². The molecule has 1 heterocycles. The van der Waals surface area contributed by atoms with Crippen molar-refractivity contribution < 1.29 is 18.7 Å². The lowest BCUT2D eigenvalue weighted by Gasteiger charge is -2.22. The predicted molar refractivity (Wildman–Crippen MR) is 92.7 cm³/mol. The van der Waals surface area contributed by atoms with E-state index in [9.17, 15) is 19.2 Å². The normalized spacial score (nSPS) is 15.6. The number of nitrogens with zero attached hydrogens (tertiary/aromatic N) is 2. The SMILES string of the molecule is C[C@@](C#N)(NC(=O)COC(=O)c1csc(-c2ccc(F)cc2)n1)C1CC1. The van der Waals surface area contributed by atoms with Crippen molar-refractivity contribution in [3.05, 3.63) is 41.2 Å². The highest BCUT2D eigenvalue weighted by Gasteiger charge is 2.43. The molecule has 0 aliphatic heterocycles. The minimum atomic E-state index is -0.931. The number of ether oxygens (including phenoxy) is 1. The number of carbonyl (C=O) groups is 2. The molecule has 1 N–H and O–H groups in total. The largest absolute Gasteiger partial charge is 0.451 e. The molecule has 26 heavy (non-hydrogen) atoms. The Morgan fingerprint density at radius 2 is 2.12 bits per heavy atom. The Labute approximate surface area is 153 Å². The molecule has 1 atom stereocenters. The van der Waals surface area contributed by atoms with Crippen LogP contribution < -0.4 is 5.32 Å². The molecule has 0 spiro atoms. The van der Waals surface area contributed by atoms with Gasteiger partial charge in [-0.25, -0.2) is 14.2 Å². The standard InChI is InChI=1S/C18H16FN3O3S/c1-18(10-20,12-4-5-12)22-15(23)8-25-17(24)14-9-26-16(21-14)11-2-6-13(19)7-3-11/h2-3,6-7,9,12H,4-5,8H2,1H3,(H,22,23)/t18-/m0/s1. The van der Waals surface area contributed by atoms with Gasteiger partial charge in [-0.1, -0.05) is 0 Å². The van der Waals surface area contributed by atoms with Crippen LogP contribution in [0.4, 0.5) is 4.39 Å². The van der Waals surface area contributed by atoms with Crippen LogP contribution in [0, 0.1) is 23.1 Å². The fraction of sp³-hybridized carbons (Fsp3) is 0.333. The maximum Gasteiger partial charge on any atom is 0.358 e. The zero-order chi connectivity index (χ0) is 18.7. The number of nitrogens with one attached hydrogen (secondary N) is 1. The van der Waals surface area contributed by atoms with Crippen molar-refractivity contribution >= 4 is 23.2 Å². The molecule has 2 aromatic rings. The molecule has 3 rings (SSSR count). The Kier molecular flexibility index (Phi) is 5.00. The summed E-state index contributed by atoms with van der Waals surface area (Å²) in [7, 11) is 0. The second-order valence-corrected chi connectivity index (χ2v) is 7.12. The van der Waals surface area contributed by atoms with Gasteiger partial charge in [-0.15, -0.1) is 11.3 Å². The maximum absolute atomic E-state index is 13.0. The molecule has 0 saturated heterocycles. The lowest BCUT2D eigenvalue weighted by molar-refractivity contribution is -0.125. The number of thiazole rings is 1. The van der Waals surface area contributed by atoms with Crippen LogP contribution in [0.1, 0.15) is 30.3 Å². The van der Waals surface area contributed by atoms with Gasteiger partial charge in [0.2, 0.25) is 0 Å². The highest BCUT2D eigenvalue weighted by atomic mass is 32.1. The summed E-state index contributed by atoms with van der Waals surface area (Å²) in [6, 6.07) is 7.86. The number of esters is 1. The maximum atomic E-state index is 13.0.